The van der Waals surface area contributed by atoms with Crippen LogP contribution in [-0.4, -0.2) is 33.6 Å². The summed E-state index contributed by atoms with van der Waals surface area (Å²) >= 11 is 5.88. The number of alkyl halides is 3. The third kappa shape index (κ3) is 5.76. The van der Waals surface area contributed by atoms with Crippen molar-refractivity contribution < 1.29 is 22.7 Å². The predicted octanol–water partition coefficient (Wildman–Crippen LogP) is 4.95. The number of ether oxygens (including phenoxy) is 1. The van der Waals surface area contributed by atoms with Crippen LogP contribution < -0.4 is 4.74 Å². The van der Waals surface area contributed by atoms with Gasteiger partial charge in [0.25, 0.3) is 5.91 Å². The van der Waals surface area contributed by atoms with Crippen molar-refractivity contribution in [2.24, 2.45) is 0 Å². The molecule has 1 aromatic heterocycles. The van der Waals surface area contributed by atoms with Crippen LogP contribution in [0.25, 0.3) is 0 Å². The summed E-state index contributed by atoms with van der Waals surface area (Å²) in [5.41, 5.74) is 1.19. The lowest BCUT2D eigenvalue weighted by Gasteiger charge is -2.20. The summed E-state index contributed by atoms with van der Waals surface area (Å²) in [6, 6.07) is 13.8. The summed E-state index contributed by atoms with van der Waals surface area (Å²) < 4.78 is 44.9. The Morgan fingerprint density at radius 1 is 1.17 bits per heavy atom. The Labute approximate surface area is 176 Å². The molecule has 0 aliphatic rings. The van der Waals surface area contributed by atoms with E-state index in [0.29, 0.717) is 16.3 Å². The van der Waals surface area contributed by atoms with Crippen molar-refractivity contribution in [2.45, 2.75) is 25.9 Å². The van der Waals surface area contributed by atoms with Gasteiger partial charge in [0, 0.05) is 24.5 Å². The summed E-state index contributed by atoms with van der Waals surface area (Å²) in [5, 5.41) is 0.611. The number of benzene rings is 2. The van der Waals surface area contributed by atoms with Crippen LogP contribution in [0, 0.1) is 0 Å². The van der Waals surface area contributed by atoms with Crippen molar-refractivity contribution in [3.8, 4) is 5.75 Å². The standard InChI is InChI=1S/C21H19ClF3N3O2/c1-27(12-19-26-10-11-28(19)14-21(23,24)25)20(29)17-4-2-3-5-18(17)30-13-15-6-8-16(22)9-7-15/h2-11H,12-14H2,1H3. The lowest BCUT2D eigenvalue weighted by Crippen LogP contribution is -2.29. The van der Waals surface area contributed by atoms with Gasteiger partial charge in [-0.2, -0.15) is 13.2 Å². The predicted molar refractivity (Wildman–Crippen MR) is 106 cm³/mol. The van der Waals surface area contributed by atoms with E-state index in [2.05, 4.69) is 4.98 Å². The molecule has 30 heavy (non-hydrogen) atoms. The van der Waals surface area contributed by atoms with Crippen LogP contribution in [0.1, 0.15) is 21.7 Å². The number of carbonyl (C=O) groups excluding carboxylic acids is 1. The molecule has 0 unspecified atom stereocenters. The van der Waals surface area contributed by atoms with Crippen LogP contribution >= 0.6 is 11.6 Å². The summed E-state index contributed by atoms with van der Waals surface area (Å²) in [5.74, 6) is 0.133. The fraction of sp³-hybridized carbons (Fsp3) is 0.238. The number of aromatic nitrogens is 2. The van der Waals surface area contributed by atoms with Gasteiger partial charge in [0.2, 0.25) is 0 Å². The van der Waals surface area contributed by atoms with Crippen molar-refractivity contribution >= 4 is 17.5 Å². The van der Waals surface area contributed by atoms with Crippen LogP contribution in [0.15, 0.2) is 60.9 Å². The van der Waals surface area contributed by atoms with Crippen LogP contribution in [-0.2, 0) is 19.7 Å². The van der Waals surface area contributed by atoms with Crippen molar-refractivity contribution in [1.82, 2.24) is 14.5 Å². The van der Waals surface area contributed by atoms with Gasteiger partial charge in [0.15, 0.2) is 0 Å². The van der Waals surface area contributed by atoms with Gasteiger partial charge in [-0.3, -0.25) is 4.79 Å². The molecule has 9 heteroatoms. The number of amides is 1. The Hall–Kier alpha value is -3.00. The molecular weight excluding hydrogens is 419 g/mol. The molecule has 3 rings (SSSR count). The Kier molecular flexibility index (Phi) is 6.66. The summed E-state index contributed by atoms with van der Waals surface area (Å²) in [6.07, 6.45) is -1.85. The van der Waals surface area contributed by atoms with Crippen LogP contribution in [0.4, 0.5) is 13.2 Å². The highest BCUT2D eigenvalue weighted by Crippen LogP contribution is 2.23. The van der Waals surface area contributed by atoms with Gasteiger partial charge in [0.1, 0.15) is 24.7 Å². The number of halogens is 4. The Bertz CT molecular complexity index is 1000. The van der Waals surface area contributed by atoms with Gasteiger partial charge in [-0.1, -0.05) is 35.9 Å². The first kappa shape index (κ1) is 21.7. The highest BCUT2D eigenvalue weighted by Gasteiger charge is 2.29. The minimum absolute atomic E-state index is 0.0760. The number of carbonyl (C=O) groups is 1. The van der Waals surface area contributed by atoms with Gasteiger partial charge in [-0.15, -0.1) is 0 Å². The van der Waals surface area contributed by atoms with Gasteiger partial charge in [-0.25, -0.2) is 4.98 Å². The molecule has 0 aliphatic carbocycles. The lowest BCUT2D eigenvalue weighted by atomic mass is 10.1. The Balaban J connectivity index is 1.71. The Morgan fingerprint density at radius 3 is 2.57 bits per heavy atom. The molecule has 0 spiro atoms. The SMILES string of the molecule is CN(Cc1nccn1CC(F)(F)F)C(=O)c1ccccc1OCc1ccc(Cl)cc1. The molecule has 1 amide bonds. The maximum atomic E-state index is 12.9. The molecule has 0 radical (unpaired) electrons. The number of hydrogen-bond donors (Lipinski definition) is 0. The largest absolute Gasteiger partial charge is 0.488 e. The van der Waals surface area contributed by atoms with Crippen LogP contribution in [0.2, 0.25) is 5.02 Å². The third-order valence-electron chi connectivity index (χ3n) is 4.30. The third-order valence-corrected chi connectivity index (χ3v) is 4.55. The van der Waals surface area contributed by atoms with E-state index in [-0.39, 0.29) is 24.9 Å². The molecule has 0 fully saturated rings. The summed E-state index contributed by atoms with van der Waals surface area (Å²) in [6.45, 7) is -1.00. The first-order chi connectivity index (χ1) is 14.2. The zero-order valence-electron chi connectivity index (χ0n) is 16.1. The van der Waals surface area contributed by atoms with Crippen molar-refractivity contribution in [1.29, 1.82) is 0 Å². The van der Waals surface area contributed by atoms with Gasteiger partial charge in [-0.05, 0) is 29.8 Å². The van der Waals surface area contributed by atoms with Crippen molar-refractivity contribution in [3.05, 3.63) is 82.9 Å². The van der Waals surface area contributed by atoms with E-state index >= 15 is 0 Å². The number of hydrogen-bond acceptors (Lipinski definition) is 3. The maximum absolute atomic E-state index is 12.9. The molecule has 2 aromatic carbocycles. The zero-order chi connectivity index (χ0) is 21.7. The second-order valence-electron chi connectivity index (χ2n) is 6.66. The fourth-order valence-electron chi connectivity index (χ4n) is 2.83. The Morgan fingerprint density at radius 2 is 1.87 bits per heavy atom. The first-order valence-electron chi connectivity index (χ1n) is 9.01. The van der Waals surface area contributed by atoms with Crippen LogP contribution in [0.3, 0.4) is 0 Å². The average molecular weight is 438 g/mol. The van der Waals surface area contributed by atoms with Crippen molar-refractivity contribution in [3.63, 3.8) is 0 Å². The van der Waals surface area contributed by atoms with E-state index in [1.165, 1.54) is 24.3 Å². The summed E-state index contributed by atoms with van der Waals surface area (Å²) in [7, 11) is 1.50. The topological polar surface area (TPSA) is 47.4 Å². The minimum atomic E-state index is -4.37. The molecule has 0 N–H and O–H groups in total. The molecule has 0 saturated carbocycles. The molecule has 0 atom stereocenters. The quantitative estimate of drug-likeness (QED) is 0.525. The molecular formula is C21H19ClF3N3O2. The second-order valence-corrected chi connectivity index (χ2v) is 7.10. The van der Waals surface area contributed by atoms with Crippen molar-refractivity contribution in [2.75, 3.05) is 7.05 Å². The molecule has 158 valence electrons. The molecule has 1 heterocycles. The lowest BCUT2D eigenvalue weighted by molar-refractivity contribution is -0.141. The van der Waals surface area contributed by atoms with E-state index in [0.717, 1.165) is 10.1 Å². The smallest absolute Gasteiger partial charge is 0.406 e. The second kappa shape index (κ2) is 9.21. The first-order valence-corrected chi connectivity index (χ1v) is 9.39. The molecule has 5 nitrogen and oxygen atoms in total. The van der Waals surface area contributed by atoms with E-state index in [1.807, 2.05) is 12.1 Å². The minimum Gasteiger partial charge on any atom is -0.488 e. The van der Waals surface area contributed by atoms with Gasteiger partial charge < -0.3 is 14.2 Å². The average Bonchev–Trinajstić information content (AvgIpc) is 3.12. The number of rotatable bonds is 7. The van der Waals surface area contributed by atoms with Gasteiger partial charge >= 0.3 is 6.18 Å². The molecule has 0 aliphatic heterocycles. The highest BCUT2D eigenvalue weighted by atomic mass is 35.5. The maximum Gasteiger partial charge on any atom is 0.406 e. The molecule has 0 bridgehead atoms. The van der Waals surface area contributed by atoms with Crippen LogP contribution in [0.5, 0.6) is 5.75 Å². The van der Waals surface area contributed by atoms with Gasteiger partial charge in [0.05, 0.1) is 12.1 Å². The van der Waals surface area contributed by atoms with E-state index in [9.17, 15) is 18.0 Å². The molecule has 3 aromatic rings. The summed E-state index contributed by atoms with van der Waals surface area (Å²) in [4.78, 5) is 18.2. The monoisotopic (exact) mass is 437 g/mol. The number of para-hydroxylation sites is 1. The van der Waals surface area contributed by atoms with E-state index in [1.54, 1.807) is 36.4 Å². The molecule has 0 saturated heterocycles. The van der Waals surface area contributed by atoms with E-state index in [4.69, 9.17) is 16.3 Å². The fourth-order valence-corrected chi connectivity index (χ4v) is 2.96. The normalized spacial score (nSPS) is 11.4. The highest BCUT2D eigenvalue weighted by molar-refractivity contribution is 6.30. The number of imidazole rings is 1. The van der Waals surface area contributed by atoms with E-state index < -0.39 is 12.7 Å². The zero-order valence-corrected chi connectivity index (χ0v) is 16.8. The number of nitrogens with zero attached hydrogens (tertiary/aromatic N) is 3.